The molecule has 358 valence electrons. The Balaban J connectivity index is 0.000000222. The number of alkyl halides is 3. The fraction of sp³-hybridized carbons (Fsp3) is 0.256. The molecule has 0 aliphatic rings. The van der Waals surface area contributed by atoms with E-state index in [0.717, 1.165) is 36.2 Å². The van der Waals surface area contributed by atoms with E-state index in [0.29, 0.717) is 33.4 Å². The number of nitrogens with one attached hydrogen (secondary N) is 1. The van der Waals surface area contributed by atoms with Crippen molar-refractivity contribution in [3.63, 3.8) is 0 Å². The molecule has 4 aromatic carbocycles. The molecule has 2 aromatic heterocycles. The van der Waals surface area contributed by atoms with Crippen molar-refractivity contribution in [3.05, 3.63) is 124 Å². The molecule has 0 aliphatic carbocycles. The van der Waals surface area contributed by atoms with Crippen molar-refractivity contribution in [2.75, 3.05) is 29.1 Å². The molecule has 0 radical (unpaired) electrons. The number of methoxy groups -OCH3 is 1. The maximum absolute atomic E-state index is 13.1. The first-order valence-corrected chi connectivity index (χ1v) is 21.5. The first-order valence-electron chi connectivity index (χ1n) is 19.3. The van der Waals surface area contributed by atoms with E-state index >= 15 is 0 Å². The van der Waals surface area contributed by atoms with Gasteiger partial charge in [-0.15, -0.1) is 0 Å². The van der Waals surface area contributed by atoms with Crippen LogP contribution in [0.4, 0.5) is 43.9 Å². The van der Waals surface area contributed by atoms with Crippen LogP contribution in [-0.4, -0.2) is 81.4 Å². The van der Waals surface area contributed by atoms with Gasteiger partial charge in [0, 0.05) is 37.0 Å². The number of anilines is 3. The Labute approximate surface area is 385 Å². The average molecular weight is 979 g/mol. The molecule has 0 unspecified atom stereocenters. The second kappa shape index (κ2) is 21.4. The van der Waals surface area contributed by atoms with Gasteiger partial charge < -0.3 is 36.5 Å². The number of halogens is 6. The number of carboxylic acids is 2. The molecule has 0 bridgehead atoms. The molecule has 2 heterocycles. The zero-order chi connectivity index (χ0) is 50.2. The van der Waals surface area contributed by atoms with Gasteiger partial charge in [0.1, 0.15) is 34.7 Å². The molecule has 0 saturated carbocycles. The van der Waals surface area contributed by atoms with Crippen molar-refractivity contribution in [1.29, 1.82) is 0 Å². The van der Waals surface area contributed by atoms with Crippen LogP contribution in [0, 0.1) is 11.6 Å². The molecular weight excluding hydrogens is 935 g/mol. The highest BCUT2D eigenvalue weighted by molar-refractivity contribution is 7.92. The zero-order valence-corrected chi connectivity index (χ0v) is 38.0. The zero-order valence-electron chi connectivity index (χ0n) is 36.4. The van der Waals surface area contributed by atoms with E-state index in [-0.39, 0.29) is 47.0 Å². The number of nitrogens with zero attached hydrogens (tertiary/aromatic N) is 5. The number of aromatic carboxylic acids is 1. The summed E-state index contributed by atoms with van der Waals surface area (Å²) in [4.78, 5) is 40.6. The Morgan fingerprint density at radius 3 is 2.06 bits per heavy atom. The summed E-state index contributed by atoms with van der Waals surface area (Å²) in [6.45, 7) is 5.00. The Morgan fingerprint density at radius 2 is 1.54 bits per heavy atom. The summed E-state index contributed by atoms with van der Waals surface area (Å²) in [7, 11) is -0.338. The molecule has 6 aromatic rings. The maximum Gasteiger partial charge on any atom is 0.433 e. The number of carboxylic acid groups (broad SMARTS) is 2. The van der Waals surface area contributed by atoms with Crippen molar-refractivity contribution >= 4 is 67.8 Å². The number of alkyl carbamates (subject to hydrolysis) is 1. The van der Waals surface area contributed by atoms with E-state index in [4.69, 9.17) is 42.8 Å². The highest BCUT2D eigenvalue weighted by Gasteiger charge is 2.33. The standard InChI is InChI=1S/C17H19ClN4O3S.C14H17F2NO4.C12H8F3N3O2/c1-21-16-14(19)9-8-13(18)15(16)17(20-21)22(26(3,23)24)10-11-4-6-12(25-2)7-5-11;1-14(2,3)21-13(20)17-11(12(18)19)6-8-4-9(15)7-10(16)5-8;13-12(14,15)9-3-4-17-10(18-9)6-1-2-7(11(19)20)8(16)5-6/h4-9H,10,19H2,1-3H3;4-5,7,11H,6H2,1-3H3,(H,17,20)(H,18,19);1-5H,16H2,(H,19,20)/t;11-;/m.0./s1. The monoisotopic (exact) mass is 978 g/mol. The first-order chi connectivity index (χ1) is 31.1. The molecule has 0 aliphatic heterocycles. The number of hydrogen-bond acceptors (Lipinski definition) is 12. The molecule has 0 fully saturated rings. The molecule has 24 heteroatoms. The third-order valence-corrected chi connectivity index (χ3v) is 10.3. The first kappa shape index (κ1) is 52.4. The second-order valence-corrected chi connectivity index (χ2v) is 17.6. The van der Waals surface area contributed by atoms with Gasteiger partial charge in [-0.05, 0) is 86.5 Å². The van der Waals surface area contributed by atoms with Crippen LogP contribution < -0.4 is 25.8 Å². The van der Waals surface area contributed by atoms with Crippen LogP contribution in [0.3, 0.4) is 0 Å². The quantitative estimate of drug-likeness (QED) is 0.0616. The van der Waals surface area contributed by atoms with Gasteiger partial charge in [-0.3, -0.25) is 4.68 Å². The van der Waals surface area contributed by atoms with Crippen molar-refractivity contribution in [1.82, 2.24) is 25.1 Å². The average Bonchev–Trinajstić information content (AvgIpc) is 3.57. The number of aliphatic carboxylic acids is 1. The van der Waals surface area contributed by atoms with Crippen LogP contribution in [0.2, 0.25) is 5.02 Å². The summed E-state index contributed by atoms with van der Waals surface area (Å²) in [6, 6.07) is 16.3. The highest BCUT2D eigenvalue weighted by Crippen LogP contribution is 2.37. The fourth-order valence-electron chi connectivity index (χ4n) is 5.97. The summed E-state index contributed by atoms with van der Waals surface area (Å²) in [6.07, 6.45) is -3.64. The molecule has 0 spiro atoms. The SMILES string of the molecule is CC(C)(C)OC(=O)N[C@@H](Cc1cc(F)cc(F)c1)C(=O)O.COc1ccc(CN(c2nn(C)c3c(N)ccc(Cl)c23)S(C)(=O)=O)cc1.Nc1cc(-c2nccc(C(F)(F)F)n2)ccc1C(=O)O. The number of rotatable bonds is 11. The predicted molar refractivity (Wildman–Crippen MR) is 239 cm³/mol. The van der Waals surface area contributed by atoms with E-state index in [9.17, 15) is 44.8 Å². The summed E-state index contributed by atoms with van der Waals surface area (Å²) in [5.74, 6) is -3.41. The smallest absolute Gasteiger partial charge is 0.433 e. The number of aromatic nitrogens is 4. The number of ether oxygens (including phenoxy) is 2. The van der Waals surface area contributed by atoms with E-state index in [1.165, 1.54) is 27.2 Å². The number of amides is 1. The number of carbonyl (C=O) groups excluding carboxylic acids is 1. The molecule has 1 amide bonds. The Hall–Kier alpha value is -7.27. The maximum atomic E-state index is 13.1. The fourth-order valence-corrected chi connectivity index (χ4v) is 7.04. The van der Waals surface area contributed by atoms with Gasteiger partial charge in [0.05, 0.1) is 47.1 Å². The second-order valence-electron chi connectivity index (χ2n) is 15.3. The summed E-state index contributed by atoms with van der Waals surface area (Å²) >= 11 is 6.34. The van der Waals surface area contributed by atoms with Gasteiger partial charge in [-0.25, -0.2) is 45.9 Å². The minimum absolute atomic E-state index is 0.0731. The lowest BCUT2D eigenvalue weighted by molar-refractivity contribution is -0.141. The summed E-state index contributed by atoms with van der Waals surface area (Å²) in [5.41, 5.74) is 11.7. The van der Waals surface area contributed by atoms with E-state index in [2.05, 4.69) is 20.4 Å². The van der Waals surface area contributed by atoms with Gasteiger partial charge >= 0.3 is 24.2 Å². The molecule has 0 saturated heterocycles. The number of nitrogens with two attached hydrogens (primary N) is 2. The number of aryl methyl sites for hydroxylation is 1. The molecule has 17 nitrogen and oxygen atoms in total. The molecule has 1 atom stereocenters. The van der Waals surface area contributed by atoms with Gasteiger partial charge in [-0.1, -0.05) is 29.8 Å². The van der Waals surface area contributed by atoms with Crippen LogP contribution in [-0.2, 0) is 45.7 Å². The molecular formula is C43H44ClF5N8O9S. The van der Waals surface area contributed by atoms with Crippen molar-refractivity contribution in [2.24, 2.45) is 7.05 Å². The summed E-state index contributed by atoms with van der Waals surface area (Å²) < 4.78 is 102. The number of carbonyl (C=O) groups is 3. The largest absolute Gasteiger partial charge is 0.497 e. The van der Waals surface area contributed by atoms with Crippen molar-refractivity contribution < 1.29 is 64.4 Å². The lowest BCUT2D eigenvalue weighted by Gasteiger charge is -2.22. The Morgan fingerprint density at radius 1 is 0.910 bits per heavy atom. The van der Waals surface area contributed by atoms with E-state index in [1.54, 1.807) is 71.3 Å². The van der Waals surface area contributed by atoms with Crippen molar-refractivity contribution in [3.8, 4) is 17.1 Å². The van der Waals surface area contributed by atoms with E-state index < -0.39 is 63.2 Å². The topological polar surface area (TPSA) is 255 Å². The number of nitrogen functional groups attached to an aromatic ring is 2. The Kier molecular flexibility index (Phi) is 16.7. The predicted octanol–water partition coefficient (Wildman–Crippen LogP) is 7.71. The highest BCUT2D eigenvalue weighted by atomic mass is 35.5. The Bertz CT molecular complexity index is 2860. The lowest BCUT2D eigenvalue weighted by atomic mass is 10.1. The number of sulfonamides is 1. The van der Waals surface area contributed by atoms with Crippen LogP contribution in [0.15, 0.2) is 85.1 Å². The number of benzene rings is 4. The third-order valence-electron chi connectivity index (χ3n) is 8.91. The van der Waals surface area contributed by atoms with E-state index in [1.807, 2.05) is 0 Å². The van der Waals surface area contributed by atoms with Crippen LogP contribution in [0.25, 0.3) is 22.3 Å². The van der Waals surface area contributed by atoms with Crippen LogP contribution >= 0.6 is 11.6 Å². The normalized spacial score (nSPS) is 11.9. The molecule has 7 N–H and O–H groups in total. The van der Waals surface area contributed by atoms with Gasteiger partial charge in [-0.2, -0.15) is 18.3 Å². The van der Waals surface area contributed by atoms with Crippen LogP contribution in [0.5, 0.6) is 5.75 Å². The minimum atomic E-state index is -4.58. The van der Waals surface area contributed by atoms with Gasteiger partial charge in [0.15, 0.2) is 11.6 Å². The summed E-state index contributed by atoms with van der Waals surface area (Å²) in [5, 5.41) is 25.3. The number of hydrogen-bond donors (Lipinski definition) is 5. The molecule has 67 heavy (non-hydrogen) atoms. The van der Waals surface area contributed by atoms with Crippen LogP contribution in [0.1, 0.15) is 48.0 Å². The minimum Gasteiger partial charge on any atom is -0.497 e. The number of fused-ring (bicyclic) bond motifs is 1. The van der Waals surface area contributed by atoms with Crippen molar-refractivity contribution in [2.45, 2.75) is 51.6 Å². The van der Waals surface area contributed by atoms with Gasteiger partial charge in [0.25, 0.3) is 0 Å². The lowest BCUT2D eigenvalue weighted by Crippen LogP contribution is -2.44. The van der Waals surface area contributed by atoms with Gasteiger partial charge in [0.2, 0.25) is 10.0 Å². The molecule has 6 rings (SSSR count). The third kappa shape index (κ3) is 14.6.